The summed E-state index contributed by atoms with van der Waals surface area (Å²) in [5.41, 5.74) is 1.06. The third kappa shape index (κ3) is 5.94. The van der Waals surface area contributed by atoms with Crippen molar-refractivity contribution in [3.63, 3.8) is 0 Å². The van der Waals surface area contributed by atoms with Crippen molar-refractivity contribution < 1.29 is 24.0 Å². The van der Waals surface area contributed by atoms with E-state index in [4.69, 9.17) is 9.47 Å². The molecule has 0 saturated carbocycles. The van der Waals surface area contributed by atoms with Gasteiger partial charge in [0.25, 0.3) is 11.6 Å². The molecule has 0 fully saturated rings. The standard InChI is InChI=1S/C21H25N3O6/c1-5-29-17-9-6-15(7-10-17)13-23(4)20(25)14-30-21(26)16-8-11-18(22(2)3)19(12-16)24(27)28/h6-12H,5,13-14H2,1-4H3. The number of nitro benzene ring substituents is 1. The number of nitrogens with zero attached hydrogens (tertiary/aromatic N) is 3. The molecule has 0 spiro atoms. The van der Waals surface area contributed by atoms with Crippen molar-refractivity contribution in [1.29, 1.82) is 0 Å². The largest absolute Gasteiger partial charge is 0.494 e. The van der Waals surface area contributed by atoms with E-state index in [2.05, 4.69) is 0 Å². The van der Waals surface area contributed by atoms with Crippen LogP contribution in [0.15, 0.2) is 42.5 Å². The second-order valence-corrected chi connectivity index (χ2v) is 6.76. The van der Waals surface area contributed by atoms with E-state index in [0.29, 0.717) is 18.8 Å². The number of nitro groups is 1. The van der Waals surface area contributed by atoms with E-state index >= 15 is 0 Å². The molecule has 2 rings (SSSR count). The van der Waals surface area contributed by atoms with Gasteiger partial charge in [-0.1, -0.05) is 12.1 Å². The van der Waals surface area contributed by atoms with Gasteiger partial charge in [0.2, 0.25) is 0 Å². The molecule has 0 atom stereocenters. The third-order valence-electron chi connectivity index (χ3n) is 4.30. The lowest BCUT2D eigenvalue weighted by Crippen LogP contribution is -2.30. The molecule has 0 bridgehead atoms. The van der Waals surface area contributed by atoms with Crippen molar-refractivity contribution in [3.05, 3.63) is 63.7 Å². The highest BCUT2D eigenvalue weighted by atomic mass is 16.6. The summed E-state index contributed by atoms with van der Waals surface area (Å²) < 4.78 is 10.4. The summed E-state index contributed by atoms with van der Waals surface area (Å²) in [7, 11) is 4.93. The molecule has 0 radical (unpaired) electrons. The topological polar surface area (TPSA) is 102 Å². The highest BCUT2D eigenvalue weighted by molar-refractivity contribution is 5.93. The van der Waals surface area contributed by atoms with E-state index in [-0.39, 0.29) is 11.3 Å². The van der Waals surface area contributed by atoms with Crippen LogP contribution in [0.1, 0.15) is 22.8 Å². The number of carbonyl (C=O) groups is 2. The summed E-state index contributed by atoms with van der Waals surface area (Å²) in [6, 6.07) is 11.4. The van der Waals surface area contributed by atoms with Crippen molar-refractivity contribution in [2.45, 2.75) is 13.5 Å². The molecule has 0 aromatic heterocycles. The summed E-state index contributed by atoms with van der Waals surface area (Å²) >= 11 is 0. The Balaban J connectivity index is 1.95. The molecule has 9 nitrogen and oxygen atoms in total. The number of ether oxygens (including phenoxy) is 2. The lowest BCUT2D eigenvalue weighted by molar-refractivity contribution is -0.384. The molecular formula is C21H25N3O6. The maximum absolute atomic E-state index is 12.3. The first kappa shape index (κ1) is 22.7. The highest BCUT2D eigenvalue weighted by Crippen LogP contribution is 2.28. The molecule has 0 aliphatic carbocycles. The van der Waals surface area contributed by atoms with Crippen molar-refractivity contribution in [2.75, 3.05) is 39.3 Å². The average molecular weight is 415 g/mol. The second-order valence-electron chi connectivity index (χ2n) is 6.76. The Morgan fingerprint density at radius 1 is 1.07 bits per heavy atom. The van der Waals surface area contributed by atoms with Gasteiger partial charge in [-0.05, 0) is 36.8 Å². The number of rotatable bonds is 9. The fraction of sp³-hybridized carbons (Fsp3) is 0.333. The van der Waals surface area contributed by atoms with Crippen LogP contribution in [0.3, 0.4) is 0 Å². The number of anilines is 1. The number of likely N-dealkylation sites (N-methyl/N-ethyl adjacent to an activating group) is 1. The predicted molar refractivity (Wildman–Crippen MR) is 112 cm³/mol. The van der Waals surface area contributed by atoms with Crippen LogP contribution < -0.4 is 9.64 Å². The molecule has 2 aromatic carbocycles. The van der Waals surface area contributed by atoms with Gasteiger partial charge in [-0.25, -0.2) is 4.79 Å². The van der Waals surface area contributed by atoms with Gasteiger partial charge in [0.05, 0.1) is 17.1 Å². The van der Waals surface area contributed by atoms with Gasteiger partial charge in [0.15, 0.2) is 6.61 Å². The SMILES string of the molecule is CCOc1ccc(CN(C)C(=O)COC(=O)c2ccc(N(C)C)c([N+](=O)[O-])c2)cc1. The fourth-order valence-electron chi connectivity index (χ4n) is 2.72. The van der Waals surface area contributed by atoms with Crippen molar-refractivity contribution >= 4 is 23.3 Å². The number of carbonyl (C=O) groups excluding carboxylic acids is 2. The Morgan fingerprint density at radius 3 is 2.30 bits per heavy atom. The molecule has 1 amide bonds. The second kappa shape index (κ2) is 10.2. The van der Waals surface area contributed by atoms with E-state index < -0.39 is 23.4 Å². The average Bonchev–Trinajstić information content (AvgIpc) is 2.72. The van der Waals surface area contributed by atoms with Crippen LogP contribution in [-0.4, -0.2) is 56.1 Å². The Hall–Kier alpha value is -3.62. The first-order valence-electron chi connectivity index (χ1n) is 9.31. The summed E-state index contributed by atoms with van der Waals surface area (Å²) in [4.78, 5) is 38.2. The van der Waals surface area contributed by atoms with Gasteiger partial charge in [0, 0.05) is 33.8 Å². The summed E-state index contributed by atoms with van der Waals surface area (Å²) in [6.07, 6.45) is 0. The molecular weight excluding hydrogens is 390 g/mol. The minimum Gasteiger partial charge on any atom is -0.494 e. The van der Waals surface area contributed by atoms with E-state index in [1.807, 2.05) is 31.2 Å². The van der Waals surface area contributed by atoms with Crippen LogP contribution in [0.4, 0.5) is 11.4 Å². The summed E-state index contributed by atoms with van der Waals surface area (Å²) in [5, 5.41) is 11.2. The van der Waals surface area contributed by atoms with Gasteiger partial charge in [0.1, 0.15) is 11.4 Å². The fourth-order valence-corrected chi connectivity index (χ4v) is 2.72. The molecule has 30 heavy (non-hydrogen) atoms. The number of amides is 1. The van der Waals surface area contributed by atoms with Crippen LogP contribution in [0.5, 0.6) is 5.75 Å². The molecule has 160 valence electrons. The Morgan fingerprint density at radius 2 is 1.73 bits per heavy atom. The number of esters is 1. The van der Waals surface area contributed by atoms with Gasteiger partial charge in [-0.3, -0.25) is 14.9 Å². The van der Waals surface area contributed by atoms with Crippen LogP contribution in [0.2, 0.25) is 0 Å². The molecule has 0 unspecified atom stereocenters. The minimum absolute atomic E-state index is 0.00858. The van der Waals surface area contributed by atoms with Gasteiger partial charge in [-0.15, -0.1) is 0 Å². The lowest BCUT2D eigenvalue weighted by atomic mass is 10.1. The molecule has 0 N–H and O–H groups in total. The maximum atomic E-state index is 12.3. The molecule has 9 heteroatoms. The number of hydrogen-bond acceptors (Lipinski definition) is 7. The van der Waals surface area contributed by atoms with Gasteiger partial charge >= 0.3 is 5.97 Å². The predicted octanol–water partition coefficient (Wildman–Crippen LogP) is 2.87. The third-order valence-corrected chi connectivity index (χ3v) is 4.30. The van der Waals surface area contributed by atoms with Gasteiger partial charge < -0.3 is 19.3 Å². The minimum atomic E-state index is -0.800. The molecule has 0 aliphatic heterocycles. The highest BCUT2D eigenvalue weighted by Gasteiger charge is 2.20. The first-order chi connectivity index (χ1) is 14.2. The van der Waals surface area contributed by atoms with E-state index in [0.717, 1.165) is 17.4 Å². The Kier molecular flexibility index (Phi) is 7.74. The summed E-state index contributed by atoms with van der Waals surface area (Å²) in [5.74, 6) is -0.443. The number of hydrogen-bond donors (Lipinski definition) is 0. The van der Waals surface area contributed by atoms with Crippen LogP contribution in [0, 0.1) is 10.1 Å². The smallest absolute Gasteiger partial charge is 0.338 e. The Labute approximate surface area is 174 Å². The number of benzene rings is 2. The Bertz CT molecular complexity index is 911. The lowest BCUT2D eigenvalue weighted by Gasteiger charge is -2.17. The zero-order chi connectivity index (χ0) is 22.3. The monoisotopic (exact) mass is 415 g/mol. The van der Waals surface area contributed by atoms with Crippen molar-refractivity contribution in [3.8, 4) is 5.75 Å². The molecule has 0 saturated heterocycles. The van der Waals surface area contributed by atoms with Gasteiger partial charge in [-0.2, -0.15) is 0 Å². The molecule has 2 aromatic rings. The van der Waals surface area contributed by atoms with Crippen LogP contribution >= 0.6 is 0 Å². The zero-order valence-electron chi connectivity index (χ0n) is 17.5. The molecule has 0 aliphatic rings. The van der Waals surface area contributed by atoms with Crippen molar-refractivity contribution in [2.24, 2.45) is 0 Å². The quantitative estimate of drug-likeness (QED) is 0.352. The maximum Gasteiger partial charge on any atom is 0.338 e. The van der Waals surface area contributed by atoms with Crippen molar-refractivity contribution in [1.82, 2.24) is 4.90 Å². The van der Waals surface area contributed by atoms with E-state index in [1.54, 1.807) is 26.0 Å². The van der Waals surface area contributed by atoms with Crippen LogP contribution in [-0.2, 0) is 16.1 Å². The zero-order valence-corrected chi connectivity index (χ0v) is 17.5. The van der Waals surface area contributed by atoms with Crippen LogP contribution in [0.25, 0.3) is 0 Å². The first-order valence-corrected chi connectivity index (χ1v) is 9.31. The summed E-state index contributed by atoms with van der Waals surface area (Å²) in [6.45, 7) is 2.35. The normalized spacial score (nSPS) is 10.3. The van der Waals surface area contributed by atoms with E-state index in [9.17, 15) is 19.7 Å². The van der Waals surface area contributed by atoms with E-state index in [1.165, 1.54) is 17.0 Å². The molecule has 0 heterocycles.